The van der Waals surface area contributed by atoms with Crippen molar-refractivity contribution in [3.8, 4) is 0 Å². The molecule has 1 N–H and O–H groups in total. The number of esters is 1. The lowest BCUT2D eigenvalue weighted by Gasteiger charge is -2.03. The van der Waals surface area contributed by atoms with Crippen LogP contribution in [0, 0.1) is 6.92 Å². The number of hydrogen-bond acceptors (Lipinski definition) is 5. The molecule has 0 bridgehead atoms. The molecule has 7 nitrogen and oxygen atoms in total. The molecule has 2 rings (SSSR count). The van der Waals surface area contributed by atoms with Gasteiger partial charge in [0.05, 0.1) is 12.8 Å². The molecule has 1 aromatic carbocycles. The fraction of sp³-hybridized carbons (Fsp3) is 0.375. The lowest BCUT2D eigenvalue weighted by atomic mass is 10.1. The Hall–Kier alpha value is -2.70. The van der Waals surface area contributed by atoms with Gasteiger partial charge in [0.1, 0.15) is 6.54 Å². The van der Waals surface area contributed by atoms with Crippen LogP contribution < -0.4 is 5.32 Å². The standard InChI is InChI=1S/C16H20N4O3/c1-3-23-16(22)11-20-10-14(18-19-20)17-15(21)9-8-13-6-4-12(2)5-7-13/h4-7,10H,3,8-9,11H2,1-2H3,(H,17,21). The van der Waals surface area contributed by atoms with Crippen molar-refractivity contribution in [1.29, 1.82) is 0 Å². The van der Waals surface area contributed by atoms with Crippen LogP contribution in [-0.2, 0) is 27.3 Å². The number of rotatable bonds is 7. The summed E-state index contributed by atoms with van der Waals surface area (Å²) in [6.07, 6.45) is 2.51. The summed E-state index contributed by atoms with van der Waals surface area (Å²) in [5, 5.41) is 10.2. The molecule has 0 atom stereocenters. The first kappa shape index (κ1) is 16.7. The van der Waals surface area contributed by atoms with Gasteiger partial charge in [0.2, 0.25) is 5.91 Å². The van der Waals surface area contributed by atoms with Crippen molar-refractivity contribution in [1.82, 2.24) is 15.0 Å². The van der Waals surface area contributed by atoms with Crippen molar-refractivity contribution < 1.29 is 14.3 Å². The highest BCUT2D eigenvalue weighted by Crippen LogP contribution is 2.07. The van der Waals surface area contributed by atoms with Gasteiger partial charge in [0.25, 0.3) is 0 Å². The number of hydrogen-bond donors (Lipinski definition) is 1. The highest BCUT2D eigenvalue weighted by Gasteiger charge is 2.09. The van der Waals surface area contributed by atoms with Gasteiger partial charge in [-0.3, -0.25) is 9.59 Å². The van der Waals surface area contributed by atoms with Crippen molar-refractivity contribution in [2.24, 2.45) is 0 Å². The topological polar surface area (TPSA) is 86.1 Å². The van der Waals surface area contributed by atoms with Gasteiger partial charge < -0.3 is 10.1 Å². The van der Waals surface area contributed by atoms with Gasteiger partial charge in [0.15, 0.2) is 5.82 Å². The van der Waals surface area contributed by atoms with Crippen LogP contribution in [0.25, 0.3) is 0 Å². The Balaban J connectivity index is 1.80. The summed E-state index contributed by atoms with van der Waals surface area (Å²) in [5.41, 5.74) is 2.30. The first-order valence-electron chi connectivity index (χ1n) is 7.48. The number of aromatic nitrogens is 3. The number of aryl methyl sites for hydroxylation is 2. The van der Waals surface area contributed by atoms with E-state index in [2.05, 4.69) is 15.6 Å². The number of nitrogens with one attached hydrogen (secondary N) is 1. The van der Waals surface area contributed by atoms with Crippen molar-refractivity contribution in [3.63, 3.8) is 0 Å². The lowest BCUT2D eigenvalue weighted by molar-refractivity contribution is -0.144. The molecule has 0 unspecified atom stereocenters. The number of carbonyl (C=O) groups is 2. The van der Waals surface area contributed by atoms with Crippen LogP contribution in [0.3, 0.4) is 0 Å². The van der Waals surface area contributed by atoms with Gasteiger partial charge in [-0.25, -0.2) is 4.68 Å². The maximum atomic E-state index is 11.9. The molecular weight excluding hydrogens is 296 g/mol. The fourth-order valence-electron chi connectivity index (χ4n) is 1.99. The number of ether oxygens (including phenoxy) is 1. The second-order valence-electron chi connectivity index (χ2n) is 5.14. The van der Waals surface area contributed by atoms with Gasteiger partial charge in [-0.05, 0) is 25.8 Å². The lowest BCUT2D eigenvalue weighted by Crippen LogP contribution is -2.14. The molecule has 0 aliphatic heterocycles. The smallest absolute Gasteiger partial charge is 0.327 e. The van der Waals surface area contributed by atoms with E-state index >= 15 is 0 Å². The zero-order valence-electron chi connectivity index (χ0n) is 13.3. The highest BCUT2D eigenvalue weighted by atomic mass is 16.5. The summed E-state index contributed by atoms with van der Waals surface area (Å²) in [5.74, 6) is -0.216. The zero-order chi connectivity index (χ0) is 16.7. The molecule has 1 aromatic heterocycles. The Morgan fingerprint density at radius 3 is 2.70 bits per heavy atom. The molecule has 0 aliphatic carbocycles. The number of carbonyl (C=O) groups excluding carboxylic acids is 2. The highest BCUT2D eigenvalue weighted by molar-refractivity contribution is 5.89. The SMILES string of the molecule is CCOC(=O)Cn1cc(NC(=O)CCc2ccc(C)cc2)nn1. The average Bonchev–Trinajstić information content (AvgIpc) is 2.94. The van der Waals surface area contributed by atoms with Crippen LogP contribution in [-0.4, -0.2) is 33.5 Å². The van der Waals surface area contributed by atoms with Gasteiger partial charge in [-0.2, -0.15) is 0 Å². The third kappa shape index (κ3) is 5.54. The first-order valence-corrected chi connectivity index (χ1v) is 7.48. The number of nitrogens with zero attached hydrogens (tertiary/aromatic N) is 3. The van der Waals surface area contributed by atoms with E-state index in [1.165, 1.54) is 16.4 Å². The molecule has 0 fully saturated rings. The van der Waals surface area contributed by atoms with E-state index in [-0.39, 0.29) is 12.5 Å². The van der Waals surface area contributed by atoms with E-state index in [0.717, 1.165) is 5.56 Å². The summed E-state index contributed by atoms with van der Waals surface area (Å²) in [6.45, 7) is 4.05. The molecule has 122 valence electrons. The van der Waals surface area contributed by atoms with Crippen molar-refractivity contribution in [2.45, 2.75) is 33.2 Å². The predicted molar refractivity (Wildman–Crippen MR) is 84.8 cm³/mol. The minimum absolute atomic E-state index is 0.0277. The fourth-order valence-corrected chi connectivity index (χ4v) is 1.99. The van der Waals surface area contributed by atoms with E-state index in [1.807, 2.05) is 31.2 Å². The average molecular weight is 316 g/mol. The molecule has 0 saturated carbocycles. The van der Waals surface area contributed by atoms with Crippen LogP contribution in [0.15, 0.2) is 30.5 Å². The predicted octanol–water partition coefficient (Wildman–Crippen LogP) is 1.72. The summed E-state index contributed by atoms with van der Waals surface area (Å²) in [6, 6.07) is 8.07. The maximum absolute atomic E-state index is 11.9. The van der Waals surface area contributed by atoms with E-state index in [0.29, 0.717) is 25.3 Å². The minimum Gasteiger partial charge on any atom is -0.465 e. The monoisotopic (exact) mass is 316 g/mol. The van der Waals surface area contributed by atoms with Crippen molar-refractivity contribution in [2.75, 3.05) is 11.9 Å². The first-order chi connectivity index (χ1) is 11.1. The Morgan fingerprint density at radius 1 is 1.26 bits per heavy atom. The molecule has 23 heavy (non-hydrogen) atoms. The summed E-state index contributed by atoms with van der Waals surface area (Å²) < 4.78 is 6.14. The Kier molecular flexibility index (Phi) is 5.85. The van der Waals surface area contributed by atoms with Crippen molar-refractivity contribution >= 4 is 17.7 Å². The third-order valence-corrected chi connectivity index (χ3v) is 3.16. The van der Waals surface area contributed by atoms with Gasteiger partial charge in [0, 0.05) is 6.42 Å². The molecule has 2 aromatic rings. The van der Waals surface area contributed by atoms with Crippen LogP contribution >= 0.6 is 0 Å². The summed E-state index contributed by atoms with van der Waals surface area (Å²) in [4.78, 5) is 23.2. The summed E-state index contributed by atoms with van der Waals surface area (Å²) in [7, 11) is 0. The van der Waals surface area contributed by atoms with Crippen LogP contribution in [0.4, 0.5) is 5.82 Å². The Labute approximate surface area is 134 Å². The molecule has 1 heterocycles. The molecule has 0 aliphatic rings. The third-order valence-electron chi connectivity index (χ3n) is 3.16. The van der Waals surface area contributed by atoms with E-state index in [1.54, 1.807) is 6.92 Å². The Bertz CT molecular complexity index is 664. The Morgan fingerprint density at radius 2 is 2.00 bits per heavy atom. The summed E-state index contributed by atoms with van der Waals surface area (Å²) >= 11 is 0. The largest absolute Gasteiger partial charge is 0.465 e. The maximum Gasteiger partial charge on any atom is 0.327 e. The van der Waals surface area contributed by atoms with Gasteiger partial charge >= 0.3 is 5.97 Å². The molecule has 1 amide bonds. The minimum atomic E-state index is -0.394. The van der Waals surface area contributed by atoms with Gasteiger partial charge in [-0.1, -0.05) is 35.0 Å². The van der Waals surface area contributed by atoms with E-state index in [4.69, 9.17) is 4.74 Å². The van der Waals surface area contributed by atoms with E-state index < -0.39 is 5.97 Å². The molecule has 0 spiro atoms. The number of amides is 1. The molecule has 0 radical (unpaired) electrons. The van der Waals surface area contributed by atoms with Crippen LogP contribution in [0.1, 0.15) is 24.5 Å². The zero-order valence-corrected chi connectivity index (χ0v) is 13.3. The number of benzene rings is 1. The van der Waals surface area contributed by atoms with Crippen LogP contribution in [0.5, 0.6) is 0 Å². The number of anilines is 1. The normalized spacial score (nSPS) is 10.3. The molecule has 0 saturated heterocycles. The molecular formula is C16H20N4O3. The van der Waals surface area contributed by atoms with Crippen LogP contribution in [0.2, 0.25) is 0 Å². The molecule has 7 heteroatoms. The quantitative estimate of drug-likeness (QED) is 0.786. The second-order valence-corrected chi connectivity index (χ2v) is 5.14. The van der Waals surface area contributed by atoms with Gasteiger partial charge in [-0.15, -0.1) is 5.10 Å². The second kappa shape index (κ2) is 8.07. The van der Waals surface area contributed by atoms with E-state index in [9.17, 15) is 9.59 Å². The van der Waals surface area contributed by atoms with Crippen molar-refractivity contribution in [3.05, 3.63) is 41.6 Å².